The van der Waals surface area contributed by atoms with Crippen LogP contribution in [0.25, 0.3) is 6.08 Å². The highest BCUT2D eigenvalue weighted by molar-refractivity contribution is 7.91. The number of rotatable bonds is 8. The second-order valence-electron chi connectivity index (χ2n) is 6.69. The number of ether oxygens (including phenoxy) is 2. The summed E-state index contributed by atoms with van der Waals surface area (Å²) in [7, 11) is -2.26. The third kappa shape index (κ3) is 6.21. The van der Waals surface area contributed by atoms with Crippen molar-refractivity contribution in [1.82, 2.24) is 9.36 Å². The molecule has 1 N–H and O–H groups in total. The van der Waals surface area contributed by atoms with E-state index in [2.05, 4.69) is 14.7 Å². The minimum atomic E-state index is -3.63. The van der Waals surface area contributed by atoms with Gasteiger partial charge in [0.15, 0.2) is 11.5 Å². The first-order valence-corrected chi connectivity index (χ1v) is 12.6. The lowest BCUT2D eigenvalue weighted by molar-refractivity contribution is -0.112. The molecule has 0 saturated carbocycles. The van der Waals surface area contributed by atoms with E-state index in [4.69, 9.17) is 21.1 Å². The molecule has 0 aliphatic heterocycles. The Kier molecular flexibility index (Phi) is 8.18. The van der Waals surface area contributed by atoms with Crippen molar-refractivity contribution in [2.24, 2.45) is 0 Å². The van der Waals surface area contributed by atoms with Crippen LogP contribution in [-0.2, 0) is 14.6 Å². The number of amides is 1. The highest BCUT2D eigenvalue weighted by Gasteiger charge is 2.20. The molecule has 10 nitrogen and oxygen atoms in total. The Bertz CT molecular complexity index is 1460. The van der Waals surface area contributed by atoms with Gasteiger partial charge in [0.2, 0.25) is 15.0 Å². The quantitative estimate of drug-likeness (QED) is 0.198. The minimum absolute atomic E-state index is 0.0670. The number of nitriles is 1. The summed E-state index contributed by atoms with van der Waals surface area (Å²) in [6.45, 7) is 1.45. The van der Waals surface area contributed by atoms with Crippen molar-refractivity contribution in [1.29, 1.82) is 5.26 Å². The summed E-state index contributed by atoms with van der Waals surface area (Å²) >= 11 is 6.71. The Morgan fingerprint density at radius 3 is 2.63 bits per heavy atom. The molecule has 0 aliphatic rings. The summed E-state index contributed by atoms with van der Waals surface area (Å²) in [6.07, 6.45) is 1.28. The molecule has 0 saturated heterocycles. The van der Waals surface area contributed by atoms with Gasteiger partial charge in [-0.15, -0.1) is 0 Å². The van der Waals surface area contributed by atoms with E-state index in [1.807, 2.05) is 0 Å². The van der Waals surface area contributed by atoms with Gasteiger partial charge in [-0.25, -0.2) is 13.2 Å². The molecular formula is C22H17ClN4O6S2. The monoisotopic (exact) mass is 532 g/mol. The number of hydrogen-bond donors (Lipinski definition) is 1. The minimum Gasteiger partial charge on any atom is -0.493 e. The molecule has 0 atom stereocenters. The summed E-state index contributed by atoms with van der Waals surface area (Å²) in [6, 6.07) is 12.6. The highest BCUT2D eigenvalue weighted by Crippen LogP contribution is 2.30. The maximum atomic E-state index is 12.5. The zero-order chi connectivity index (χ0) is 25.6. The first-order valence-electron chi connectivity index (χ1n) is 9.82. The molecule has 0 bridgehead atoms. The number of anilines is 1. The molecule has 180 valence electrons. The average Bonchev–Trinajstić information content (AvgIpc) is 3.32. The smallest absolute Gasteiger partial charge is 0.345 e. The van der Waals surface area contributed by atoms with E-state index in [1.54, 1.807) is 24.3 Å². The molecule has 1 heterocycles. The fourth-order valence-electron chi connectivity index (χ4n) is 2.64. The van der Waals surface area contributed by atoms with E-state index >= 15 is 0 Å². The van der Waals surface area contributed by atoms with Gasteiger partial charge < -0.3 is 9.47 Å². The molecule has 35 heavy (non-hydrogen) atoms. The van der Waals surface area contributed by atoms with Gasteiger partial charge in [-0.3, -0.25) is 10.1 Å². The van der Waals surface area contributed by atoms with Crippen molar-refractivity contribution < 1.29 is 27.5 Å². The largest absolute Gasteiger partial charge is 0.493 e. The van der Waals surface area contributed by atoms with Gasteiger partial charge in [0.05, 0.1) is 23.4 Å². The average molecular weight is 533 g/mol. The van der Waals surface area contributed by atoms with Gasteiger partial charge in [0, 0.05) is 11.5 Å². The van der Waals surface area contributed by atoms with Crippen LogP contribution in [0.5, 0.6) is 11.5 Å². The van der Waals surface area contributed by atoms with Crippen LogP contribution in [-0.4, -0.2) is 42.5 Å². The number of benzene rings is 2. The van der Waals surface area contributed by atoms with E-state index < -0.39 is 26.9 Å². The topological polar surface area (TPSA) is 148 Å². The molecule has 0 fully saturated rings. The van der Waals surface area contributed by atoms with Crippen LogP contribution in [0.4, 0.5) is 5.13 Å². The summed E-state index contributed by atoms with van der Waals surface area (Å²) in [5, 5.41) is 11.6. The first kappa shape index (κ1) is 25.8. The Morgan fingerprint density at radius 2 is 1.97 bits per heavy atom. The number of nitrogens with zero attached hydrogens (tertiary/aromatic N) is 3. The highest BCUT2D eigenvalue weighted by atomic mass is 35.5. The molecule has 0 spiro atoms. The third-order valence-electron chi connectivity index (χ3n) is 4.45. The molecule has 2 aromatic carbocycles. The van der Waals surface area contributed by atoms with Gasteiger partial charge in [0.1, 0.15) is 11.6 Å². The molecule has 0 radical (unpaired) electrons. The predicted octanol–water partition coefficient (Wildman–Crippen LogP) is 3.76. The predicted molar refractivity (Wildman–Crippen MR) is 129 cm³/mol. The van der Waals surface area contributed by atoms with Crippen molar-refractivity contribution in [3.8, 4) is 17.6 Å². The fourth-order valence-corrected chi connectivity index (χ4v) is 4.43. The van der Waals surface area contributed by atoms with Gasteiger partial charge >= 0.3 is 5.97 Å². The van der Waals surface area contributed by atoms with Crippen molar-refractivity contribution in [3.63, 3.8) is 0 Å². The lowest BCUT2D eigenvalue weighted by Crippen LogP contribution is -2.14. The molecule has 3 aromatic rings. The maximum absolute atomic E-state index is 12.5. The van der Waals surface area contributed by atoms with E-state index in [0.29, 0.717) is 17.1 Å². The Labute approximate surface area is 209 Å². The number of halogens is 1. The maximum Gasteiger partial charge on any atom is 0.345 e. The normalized spacial score (nSPS) is 11.4. The van der Waals surface area contributed by atoms with Crippen LogP contribution in [0.2, 0.25) is 5.02 Å². The number of carbonyl (C=O) groups excluding carboxylic acids is 2. The lowest BCUT2D eigenvalue weighted by Gasteiger charge is -2.11. The fraction of sp³-hybridized carbons (Fsp3) is 0.136. The van der Waals surface area contributed by atoms with Crippen LogP contribution < -0.4 is 14.8 Å². The number of sulfone groups is 1. The Hall–Kier alpha value is -3.79. The number of aromatic nitrogens is 2. The van der Waals surface area contributed by atoms with Crippen LogP contribution in [0.3, 0.4) is 0 Å². The Morgan fingerprint density at radius 1 is 1.23 bits per heavy atom. The SMILES string of the molecule is CCS(=O)(=O)c1nsc(NC(=O)/C(C#N)=C\c2ccc(OC(=O)c3ccccc3Cl)c(OC)c2)n1. The van der Waals surface area contributed by atoms with Crippen LogP contribution in [0.15, 0.2) is 53.2 Å². The Balaban J connectivity index is 1.79. The van der Waals surface area contributed by atoms with E-state index in [-0.39, 0.29) is 38.5 Å². The number of carbonyl (C=O) groups is 2. The number of methoxy groups -OCH3 is 1. The zero-order valence-corrected chi connectivity index (χ0v) is 20.7. The summed E-state index contributed by atoms with van der Waals surface area (Å²) in [5.41, 5.74) is 0.288. The summed E-state index contributed by atoms with van der Waals surface area (Å²) < 4.78 is 38.1. The first-order chi connectivity index (χ1) is 16.7. The van der Waals surface area contributed by atoms with E-state index in [0.717, 1.165) is 0 Å². The zero-order valence-electron chi connectivity index (χ0n) is 18.3. The van der Waals surface area contributed by atoms with Gasteiger partial charge in [-0.1, -0.05) is 36.7 Å². The van der Waals surface area contributed by atoms with Crippen LogP contribution in [0, 0.1) is 11.3 Å². The van der Waals surface area contributed by atoms with Crippen molar-refractivity contribution >= 4 is 56.1 Å². The van der Waals surface area contributed by atoms with E-state index in [1.165, 1.54) is 44.4 Å². The molecule has 1 amide bonds. The molecule has 3 rings (SSSR count). The number of esters is 1. The van der Waals surface area contributed by atoms with Gasteiger partial charge in [0.25, 0.3) is 11.1 Å². The van der Waals surface area contributed by atoms with Crippen molar-refractivity contribution in [2.75, 3.05) is 18.2 Å². The number of nitrogens with one attached hydrogen (secondary N) is 1. The molecular weight excluding hydrogens is 516 g/mol. The van der Waals surface area contributed by atoms with Gasteiger partial charge in [-0.2, -0.15) is 14.6 Å². The number of hydrogen-bond acceptors (Lipinski definition) is 10. The van der Waals surface area contributed by atoms with Crippen LogP contribution in [0.1, 0.15) is 22.8 Å². The lowest BCUT2D eigenvalue weighted by atomic mass is 10.1. The third-order valence-corrected chi connectivity index (χ3v) is 7.02. The summed E-state index contributed by atoms with van der Waals surface area (Å²) in [4.78, 5) is 28.7. The second kappa shape index (κ2) is 11.1. The molecule has 0 unspecified atom stereocenters. The summed E-state index contributed by atoms with van der Waals surface area (Å²) in [5.74, 6) is -1.40. The van der Waals surface area contributed by atoms with Gasteiger partial charge in [-0.05, 0) is 35.9 Å². The second-order valence-corrected chi connectivity index (χ2v) is 10.0. The molecule has 0 aliphatic carbocycles. The molecule has 13 heteroatoms. The van der Waals surface area contributed by atoms with Crippen LogP contribution >= 0.6 is 23.1 Å². The van der Waals surface area contributed by atoms with Crippen molar-refractivity contribution in [2.45, 2.75) is 12.1 Å². The van der Waals surface area contributed by atoms with Crippen molar-refractivity contribution in [3.05, 3.63) is 64.2 Å². The molecule has 1 aromatic heterocycles. The standard InChI is InChI=1S/C22H17ClN4O6S2/c1-3-35(30,31)22-26-21(34-27-22)25-19(28)14(12-24)10-13-8-9-17(18(11-13)32-2)33-20(29)15-6-4-5-7-16(15)23/h4-11H,3H2,1-2H3,(H,25,26,27,28)/b14-10-. The van der Waals surface area contributed by atoms with E-state index in [9.17, 15) is 23.3 Å².